The van der Waals surface area contributed by atoms with Crippen LogP contribution in [0.1, 0.15) is 32.6 Å². The van der Waals surface area contributed by atoms with E-state index < -0.39 is 17.9 Å². The molecule has 0 aromatic carbocycles. The van der Waals surface area contributed by atoms with E-state index in [-0.39, 0.29) is 18.4 Å². The number of nitrogens with two attached hydrogens (primary N) is 1. The molecule has 0 saturated carbocycles. The number of nitrogens with zero attached hydrogens (tertiary/aromatic N) is 1. The maximum atomic E-state index is 11.9. The lowest BCUT2D eigenvalue weighted by Crippen LogP contribution is -2.49. The van der Waals surface area contributed by atoms with Gasteiger partial charge in [-0.1, -0.05) is 13.3 Å². The molecule has 2 atom stereocenters. The SMILES string of the molecule is CCC(CNC(=O)N1CCCC1C(N)=O)CC(=O)O. The zero-order valence-corrected chi connectivity index (χ0v) is 11.1. The van der Waals surface area contributed by atoms with Crippen molar-refractivity contribution < 1.29 is 19.5 Å². The molecular weight excluding hydrogens is 250 g/mol. The van der Waals surface area contributed by atoms with Crippen LogP contribution in [0.25, 0.3) is 0 Å². The maximum absolute atomic E-state index is 11.9. The highest BCUT2D eigenvalue weighted by molar-refractivity contribution is 5.86. The molecule has 0 radical (unpaired) electrons. The van der Waals surface area contributed by atoms with Crippen molar-refractivity contribution in [2.45, 2.75) is 38.6 Å². The third-order valence-corrected chi connectivity index (χ3v) is 3.42. The van der Waals surface area contributed by atoms with Gasteiger partial charge in [-0.25, -0.2) is 4.79 Å². The summed E-state index contributed by atoms with van der Waals surface area (Å²) in [7, 11) is 0. The van der Waals surface area contributed by atoms with E-state index in [0.717, 1.165) is 6.42 Å². The lowest BCUT2D eigenvalue weighted by atomic mass is 10.0. The van der Waals surface area contributed by atoms with Crippen molar-refractivity contribution in [2.24, 2.45) is 11.7 Å². The molecule has 1 saturated heterocycles. The number of carboxylic acid groups (broad SMARTS) is 1. The third kappa shape index (κ3) is 4.42. The van der Waals surface area contributed by atoms with Crippen molar-refractivity contribution in [3.05, 3.63) is 0 Å². The number of urea groups is 1. The van der Waals surface area contributed by atoms with Gasteiger partial charge in [-0.15, -0.1) is 0 Å². The number of hydrogen-bond acceptors (Lipinski definition) is 3. The first-order valence-electron chi connectivity index (χ1n) is 6.51. The van der Waals surface area contributed by atoms with Gasteiger partial charge < -0.3 is 21.1 Å². The summed E-state index contributed by atoms with van der Waals surface area (Å²) < 4.78 is 0. The Morgan fingerprint density at radius 2 is 2.16 bits per heavy atom. The number of nitrogens with one attached hydrogen (secondary N) is 1. The molecule has 1 fully saturated rings. The molecule has 0 aliphatic carbocycles. The van der Waals surface area contributed by atoms with Gasteiger partial charge in [0.1, 0.15) is 6.04 Å². The molecule has 1 heterocycles. The summed E-state index contributed by atoms with van der Waals surface area (Å²) in [6.07, 6.45) is 2.05. The fraction of sp³-hybridized carbons (Fsp3) is 0.750. The van der Waals surface area contributed by atoms with Crippen molar-refractivity contribution in [1.82, 2.24) is 10.2 Å². The number of rotatable bonds is 6. The van der Waals surface area contributed by atoms with E-state index in [9.17, 15) is 14.4 Å². The molecule has 19 heavy (non-hydrogen) atoms. The van der Waals surface area contributed by atoms with Crippen LogP contribution in [0.5, 0.6) is 0 Å². The van der Waals surface area contributed by atoms with Crippen molar-refractivity contribution in [3.63, 3.8) is 0 Å². The quantitative estimate of drug-likeness (QED) is 0.638. The highest BCUT2D eigenvalue weighted by atomic mass is 16.4. The van der Waals surface area contributed by atoms with E-state index in [2.05, 4.69) is 5.32 Å². The number of carbonyl (C=O) groups is 3. The van der Waals surface area contributed by atoms with Gasteiger partial charge in [0.25, 0.3) is 0 Å². The molecule has 0 bridgehead atoms. The van der Waals surface area contributed by atoms with Crippen LogP contribution in [0.3, 0.4) is 0 Å². The first-order valence-corrected chi connectivity index (χ1v) is 6.51. The molecule has 108 valence electrons. The summed E-state index contributed by atoms with van der Waals surface area (Å²) in [5, 5.41) is 11.4. The molecule has 4 N–H and O–H groups in total. The minimum atomic E-state index is -0.878. The Hall–Kier alpha value is -1.79. The average molecular weight is 271 g/mol. The molecule has 0 spiro atoms. The molecule has 3 amide bonds. The molecule has 0 aromatic heterocycles. The van der Waals surface area contributed by atoms with Gasteiger partial charge >= 0.3 is 12.0 Å². The fourth-order valence-corrected chi connectivity index (χ4v) is 2.25. The van der Waals surface area contributed by atoms with Crippen molar-refractivity contribution >= 4 is 17.9 Å². The first kappa shape index (κ1) is 15.3. The van der Waals surface area contributed by atoms with Gasteiger partial charge in [0.05, 0.1) is 0 Å². The second kappa shape index (κ2) is 6.96. The lowest BCUT2D eigenvalue weighted by molar-refractivity contribution is -0.138. The number of likely N-dealkylation sites (tertiary alicyclic amines) is 1. The highest BCUT2D eigenvalue weighted by Crippen LogP contribution is 2.17. The first-order chi connectivity index (χ1) is 8.95. The molecule has 2 unspecified atom stereocenters. The van der Waals surface area contributed by atoms with Crippen LogP contribution in [-0.2, 0) is 9.59 Å². The van der Waals surface area contributed by atoms with E-state index >= 15 is 0 Å². The Balaban J connectivity index is 2.46. The summed E-state index contributed by atoms with van der Waals surface area (Å²) in [5.74, 6) is -1.47. The Morgan fingerprint density at radius 3 is 2.68 bits per heavy atom. The standard InChI is InChI=1S/C12H21N3O4/c1-2-8(6-10(16)17)7-14-12(19)15-5-3-4-9(15)11(13)18/h8-9H,2-7H2,1H3,(H2,13,18)(H,14,19)(H,16,17). The number of hydrogen-bond donors (Lipinski definition) is 3. The van der Waals surface area contributed by atoms with Gasteiger partial charge in [-0.3, -0.25) is 9.59 Å². The predicted octanol–water partition coefficient (Wildman–Crippen LogP) is 0.147. The second-order valence-corrected chi connectivity index (χ2v) is 4.81. The summed E-state index contributed by atoms with van der Waals surface area (Å²) in [6, 6.07) is -0.885. The summed E-state index contributed by atoms with van der Waals surface area (Å²) in [6.45, 7) is 2.68. The zero-order chi connectivity index (χ0) is 14.4. The zero-order valence-electron chi connectivity index (χ0n) is 11.1. The van der Waals surface area contributed by atoms with Crippen molar-refractivity contribution in [1.29, 1.82) is 0 Å². The van der Waals surface area contributed by atoms with Gasteiger partial charge in [-0.05, 0) is 18.8 Å². The van der Waals surface area contributed by atoms with Crippen LogP contribution in [0.2, 0.25) is 0 Å². The fourth-order valence-electron chi connectivity index (χ4n) is 2.25. The molecule has 7 nitrogen and oxygen atoms in total. The Morgan fingerprint density at radius 1 is 1.47 bits per heavy atom. The van der Waals surface area contributed by atoms with Crippen LogP contribution >= 0.6 is 0 Å². The number of carboxylic acids is 1. The molecule has 1 aliphatic rings. The van der Waals surface area contributed by atoms with Crippen molar-refractivity contribution in [2.75, 3.05) is 13.1 Å². The lowest BCUT2D eigenvalue weighted by Gasteiger charge is -2.23. The van der Waals surface area contributed by atoms with E-state index in [4.69, 9.17) is 10.8 Å². The van der Waals surface area contributed by atoms with Gasteiger partial charge in [0.15, 0.2) is 0 Å². The monoisotopic (exact) mass is 271 g/mol. The summed E-state index contributed by atoms with van der Waals surface area (Å²) >= 11 is 0. The molecule has 1 rings (SSSR count). The Kier molecular flexibility index (Phi) is 5.59. The van der Waals surface area contributed by atoms with E-state index in [1.165, 1.54) is 4.90 Å². The number of primary amides is 1. The van der Waals surface area contributed by atoms with Crippen molar-refractivity contribution in [3.8, 4) is 0 Å². The average Bonchev–Trinajstić information content (AvgIpc) is 2.82. The van der Waals surface area contributed by atoms with E-state index in [1.807, 2.05) is 6.92 Å². The molecule has 0 aromatic rings. The van der Waals surface area contributed by atoms with Crippen LogP contribution < -0.4 is 11.1 Å². The number of amides is 3. The normalized spacial score (nSPS) is 20.1. The Bertz CT molecular complexity index is 359. The third-order valence-electron chi connectivity index (χ3n) is 3.42. The smallest absolute Gasteiger partial charge is 0.318 e. The number of carbonyl (C=O) groups excluding carboxylic acids is 2. The molecular formula is C12H21N3O4. The van der Waals surface area contributed by atoms with Gasteiger partial charge in [0, 0.05) is 19.5 Å². The van der Waals surface area contributed by atoms with Crippen LogP contribution in [0, 0.1) is 5.92 Å². The van der Waals surface area contributed by atoms with Crippen LogP contribution in [-0.4, -0.2) is 47.0 Å². The van der Waals surface area contributed by atoms with Gasteiger partial charge in [0.2, 0.25) is 5.91 Å². The summed E-state index contributed by atoms with van der Waals surface area (Å²) in [5.41, 5.74) is 5.24. The largest absolute Gasteiger partial charge is 0.481 e. The van der Waals surface area contributed by atoms with E-state index in [1.54, 1.807) is 0 Å². The van der Waals surface area contributed by atoms with Crippen LogP contribution in [0.15, 0.2) is 0 Å². The number of aliphatic carboxylic acids is 1. The molecule has 7 heteroatoms. The Labute approximate surface area is 112 Å². The maximum Gasteiger partial charge on any atom is 0.318 e. The van der Waals surface area contributed by atoms with Crippen LogP contribution in [0.4, 0.5) is 4.79 Å². The minimum Gasteiger partial charge on any atom is -0.481 e. The second-order valence-electron chi connectivity index (χ2n) is 4.81. The predicted molar refractivity (Wildman–Crippen MR) is 68.4 cm³/mol. The van der Waals surface area contributed by atoms with E-state index in [0.29, 0.717) is 25.9 Å². The van der Waals surface area contributed by atoms with Gasteiger partial charge in [-0.2, -0.15) is 0 Å². The molecule has 1 aliphatic heterocycles. The highest BCUT2D eigenvalue weighted by Gasteiger charge is 2.32. The minimum absolute atomic E-state index is 0.0238. The summed E-state index contributed by atoms with van der Waals surface area (Å²) in [4.78, 5) is 35.2. The topological polar surface area (TPSA) is 113 Å².